The molecule has 2 aromatic rings. The molecule has 92 valence electrons. The summed E-state index contributed by atoms with van der Waals surface area (Å²) in [5, 5.41) is 2.64. The lowest BCUT2D eigenvalue weighted by molar-refractivity contribution is 0.102. The second-order valence-electron chi connectivity index (χ2n) is 3.29. The van der Waals surface area contributed by atoms with Crippen molar-refractivity contribution in [3.05, 3.63) is 52.1 Å². The minimum absolute atomic E-state index is 0.0119. The highest BCUT2D eigenvalue weighted by molar-refractivity contribution is 6.35. The van der Waals surface area contributed by atoms with Gasteiger partial charge in [-0.25, -0.2) is 14.4 Å². The van der Waals surface area contributed by atoms with E-state index in [0.29, 0.717) is 0 Å². The minimum atomic E-state index is -0.497. The molecule has 2 heterocycles. The summed E-state index contributed by atoms with van der Waals surface area (Å²) in [4.78, 5) is 19.3. The van der Waals surface area contributed by atoms with E-state index < -0.39 is 11.7 Å². The molecule has 0 aliphatic carbocycles. The van der Waals surface area contributed by atoms with Gasteiger partial charge in [0.05, 0.1) is 11.8 Å². The lowest BCUT2D eigenvalue weighted by Crippen LogP contribution is -2.14. The van der Waals surface area contributed by atoms with Crippen LogP contribution in [0.25, 0.3) is 0 Å². The van der Waals surface area contributed by atoms with Gasteiger partial charge < -0.3 is 5.32 Å². The monoisotopic (exact) mass is 285 g/mol. The summed E-state index contributed by atoms with van der Waals surface area (Å²) in [5.74, 6) is -0.769. The van der Waals surface area contributed by atoms with Gasteiger partial charge in [0.1, 0.15) is 21.9 Å². The molecule has 2 rings (SSSR count). The van der Waals surface area contributed by atoms with E-state index in [1.54, 1.807) is 0 Å². The first-order valence-corrected chi connectivity index (χ1v) is 5.57. The molecular weight excluding hydrogens is 280 g/mol. The fourth-order valence-electron chi connectivity index (χ4n) is 1.21. The number of hydrogen-bond donors (Lipinski definition) is 1. The summed E-state index contributed by atoms with van der Waals surface area (Å²) < 4.78 is 12.6. The van der Waals surface area contributed by atoms with Crippen LogP contribution < -0.4 is 5.32 Å². The number of nitrogens with zero attached hydrogens (tertiary/aromatic N) is 2. The van der Waals surface area contributed by atoms with E-state index in [1.807, 2.05) is 0 Å². The first kappa shape index (κ1) is 12.7. The fourth-order valence-corrected chi connectivity index (χ4v) is 1.65. The molecule has 0 unspecified atom stereocenters. The predicted molar refractivity (Wildman–Crippen MR) is 66.4 cm³/mol. The van der Waals surface area contributed by atoms with Gasteiger partial charge in [-0.3, -0.25) is 4.79 Å². The van der Waals surface area contributed by atoms with Crippen LogP contribution in [-0.4, -0.2) is 15.9 Å². The Kier molecular flexibility index (Phi) is 3.74. The molecule has 1 amide bonds. The molecular formula is C11H6Cl2FN3O. The quantitative estimate of drug-likeness (QED) is 0.863. The van der Waals surface area contributed by atoms with Crippen LogP contribution in [0.1, 0.15) is 10.4 Å². The third-order valence-electron chi connectivity index (χ3n) is 2.03. The fraction of sp³-hybridized carbons (Fsp3) is 0. The summed E-state index contributed by atoms with van der Waals surface area (Å²) in [6.07, 6.45) is 0.997. The van der Waals surface area contributed by atoms with Crippen LogP contribution >= 0.6 is 23.2 Å². The number of carbonyl (C=O) groups excluding carboxylic acids is 1. The number of amides is 1. The highest BCUT2D eigenvalue weighted by atomic mass is 35.5. The zero-order chi connectivity index (χ0) is 13.1. The van der Waals surface area contributed by atoms with E-state index in [1.165, 1.54) is 24.3 Å². The van der Waals surface area contributed by atoms with Crippen molar-refractivity contribution < 1.29 is 9.18 Å². The summed E-state index contributed by atoms with van der Waals surface area (Å²) in [6.45, 7) is 0. The number of anilines is 1. The first-order chi connectivity index (χ1) is 8.56. The van der Waals surface area contributed by atoms with E-state index in [4.69, 9.17) is 23.2 Å². The Bertz CT molecular complexity index is 589. The maximum absolute atomic E-state index is 12.6. The molecule has 0 saturated carbocycles. The van der Waals surface area contributed by atoms with Crippen molar-refractivity contribution in [1.82, 2.24) is 9.97 Å². The molecule has 1 N–H and O–H groups in total. The second kappa shape index (κ2) is 5.29. The van der Waals surface area contributed by atoms with E-state index >= 15 is 0 Å². The Morgan fingerprint density at radius 2 is 2.00 bits per heavy atom. The Balaban J connectivity index is 2.19. The molecule has 0 radical (unpaired) electrons. The van der Waals surface area contributed by atoms with Gasteiger partial charge in [-0.2, -0.15) is 0 Å². The molecule has 7 heteroatoms. The van der Waals surface area contributed by atoms with Crippen LogP contribution in [0.2, 0.25) is 10.3 Å². The molecule has 0 saturated heterocycles. The van der Waals surface area contributed by atoms with E-state index in [-0.39, 0.29) is 21.7 Å². The van der Waals surface area contributed by atoms with E-state index in [2.05, 4.69) is 15.3 Å². The molecule has 0 bridgehead atoms. The van der Waals surface area contributed by atoms with Gasteiger partial charge in [0.25, 0.3) is 5.91 Å². The van der Waals surface area contributed by atoms with Gasteiger partial charge in [0.2, 0.25) is 0 Å². The van der Waals surface area contributed by atoms with Gasteiger partial charge in [-0.05, 0) is 24.3 Å². The Hall–Kier alpha value is -1.72. The van der Waals surface area contributed by atoms with Crippen LogP contribution in [0.5, 0.6) is 0 Å². The van der Waals surface area contributed by atoms with Gasteiger partial charge in [-0.15, -0.1) is 0 Å². The SMILES string of the molecule is O=C(Nc1ccc(F)cn1)c1ccc(Cl)nc1Cl. The smallest absolute Gasteiger partial charge is 0.259 e. The van der Waals surface area contributed by atoms with Crippen molar-refractivity contribution in [2.75, 3.05) is 5.32 Å². The number of nitrogens with one attached hydrogen (secondary N) is 1. The topological polar surface area (TPSA) is 54.9 Å². The van der Waals surface area contributed by atoms with Gasteiger partial charge >= 0.3 is 0 Å². The Morgan fingerprint density at radius 3 is 2.61 bits per heavy atom. The molecule has 0 aromatic carbocycles. The van der Waals surface area contributed by atoms with Crippen LogP contribution in [-0.2, 0) is 0 Å². The minimum Gasteiger partial charge on any atom is -0.306 e. The van der Waals surface area contributed by atoms with Crippen molar-refractivity contribution in [2.45, 2.75) is 0 Å². The molecule has 0 aliphatic rings. The molecule has 0 aliphatic heterocycles. The third kappa shape index (κ3) is 2.94. The predicted octanol–water partition coefficient (Wildman–Crippen LogP) is 3.17. The summed E-state index contributed by atoms with van der Waals surface area (Å²) in [5.41, 5.74) is 0.159. The number of halogens is 3. The van der Waals surface area contributed by atoms with E-state index in [9.17, 15) is 9.18 Å². The Labute approximate surface area is 112 Å². The lowest BCUT2D eigenvalue weighted by Gasteiger charge is -2.05. The van der Waals surface area contributed by atoms with Gasteiger partial charge in [-0.1, -0.05) is 23.2 Å². The van der Waals surface area contributed by atoms with Crippen molar-refractivity contribution >= 4 is 34.9 Å². The average molecular weight is 286 g/mol. The number of hydrogen-bond acceptors (Lipinski definition) is 3. The van der Waals surface area contributed by atoms with Crippen molar-refractivity contribution in [2.24, 2.45) is 0 Å². The van der Waals surface area contributed by atoms with Crippen LogP contribution in [0, 0.1) is 5.82 Å². The first-order valence-electron chi connectivity index (χ1n) is 4.81. The van der Waals surface area contributed by atoms with E-state index in [0.717, 1.165) is 6.20 Å². The van der Waals surface area contributed by atoms with Gasteiger partial charge in [0.15, 0.2) is 0 Å². The number of carbonyl (C=O) groups is 1. The number of rotatable bonds is 2. The number of pyridine rings is 2. The van der Waals surface area contributed by atoms with Crippen molar-refractivity contribution in [3.8, 4) is 0 Å². The van der Waals surface area contributed by atoms with Crippen molar-refractivity contribution in [3.63, 3.8) is 0 Å². The number of aromatic nitrogens is 2. The largest absolute Gasteiger partial charge is 0.306 e. The van der Waals surface area contributed by atoms with Crippen LogP contribution in [0.4, 0.5) is 10.2 Å². The molecule has 0 atom stereocenters. The van der Waals surface area contributed by atoms with Gasteiger partial charge in [0, 0.05) is 0 Å². The standard InChI is InChI=1S/C11H6Cl2FN3O/c12-8-3-2-7(10(13)16-8)11(18)17-9-4-1-6(14)5-15-9/h1-5H,(H,15,17,18). The molecule has 18 heavy (non-hydrogen) atoms. The molecule has 2 aromatic heterocycles. The van der Waals surface area contributed by atoms with Crippen LogP contribution in [0.3, 0.4) is 0 Å². The lowest BCUT2D eigenvalue weighted by atomic mass is 10.2. The average Bonchev–Trinajstić information content (AvgIpc) is 2.32. The normalized spacial score (nSPS) is 10.2. The maximum Gasteiger partial charge on any atom is 0.259 e. The zero-order valence-electron chi connectivity index (χ0n) is 8.82. The third-order valence-corrected chi connectivity index (χ3v) is 2.53. The molecule has 4 nitrogen and oxygen atoms in total. The summed E-state index contributed by atoms with van der Waals surface area (Å²) in [7, 11) is 0. The molecule has 0 fully saturated rings. The Morgan fingerprint density at radius 1 is 1.22 bits per heavy atom. The second-order valence-corrected chi connectivity index (χ2v) is 4.03. The molecule has 0 spiro atoms. The summed E-state index contributed by atoms with van der Waals surface area (Å²) in [6, 6.07) is 5.41. The maximum atomic E-state index is 12.6. The van der Waals surface area contributed by atoms with Crippen LogP contribution in [0.15, 0.2) is 30.5 Å². The highest BCUT2D eigenvalue weighted by Crippen LogP contribution is 2.17. The zero-order valence-corrected chi connectivity index (χ0v) is 10.3. The highest BCUT2D eigenvalue weighted by Gasteiger charge is 2.12. The summed E-state index contributed by atoms with van der Waals surface area (Å²) >= 11 is 11.4. The van der Waals surface area contributed by atoms with Crippen molar-refractivity contribution in [1.29, 1.82) is 0 Å².